The Morgan fingerprint density at radius 2 is 2.31 bits per heavy atom. The zero-order valence-electron chi connectivity index (χ0n) is 9.03. The predicted molar refractivity (Wildman–Crippen MR) is 63.6 cm³/mol. The Balaban J connectivity index is 2.20. The molecule has 16 heavy (non-hydrogen) atoms. The molecule has 1 heterocycles. The molecule has 0 N–H and O–H groups in total. The molecule has 1 atom stereocenters. The first-order valence-corrected chi connectivity index (χ1v) is 5.96. The number of methoxy groups -OCH3 is 1. The minimum atomic E-state index is -0.108. The fraction of sp³-hybridized carbons (Fsp3) is 0.417. The third-order valence-corrected chi connectivity index (χ3v) is 3.28. The second-order valence-corrected chi connectivity index (χ2v) is 4.60. The van der Waals surface area contributed by atoms with Crippen molar-refractivity contribution in [3.8, 4) is 5.75 Å². The molecule has 0 bridgehead atoms. The van der Waals surface area contributed by atoms with E-state index in [-0.39, 0.29) is 11.9 Å². The number of rotatable bonds is 2. The summed E-state index contributed by atoms with van der Waals surface area (Å²) in [5, 5.41) is 0. The van der Waals surface area contributed by atoms with E-state index in [9.17, 15) is 4.79 Å². The van der Waals surface area contributed by atoms with Crippen LogP contribution in [0.4, 0.5) is 0 Å². The number of benzene rings is 1. The van der Waals surface area contributed by atoms with E-state index in [0.717, 1.165) is 15.8 Å². The molecule has 3 nitrogen and oxygen atoms in total. The summed E-state index contributed by atoms with van der Waals surface area (Å²) < 4.78 is 11.6. The lowest BCUT2D eigenvalue weighted by atomic mass is 10.0. The maximum atomic E-state index is 11.3. The molecular formula is C12H13BrO3. The fourth-order valence-electron chi connectivity index (χ4n) is 1.78. The summed E-state index contributed by atoms with van der Waals surface area (Å²) in [6.45, 7) is 0.521. The van der Waals surface area contributed by atoms with Gasteiger partial charge in [0, 0.05) is 12.8 Å². The van der Waals surface area contributed by atoms with Crippen LogP contribution < -0.4 is 4.74 Å². The number of hydrogen-bond donors (Lipinski definition) is 0. The minimum absolute atomic E-state index is 0.108. The van der Waals surface area contributed by atoms with Crippen molar-refractivity contribution in [1.29, 1.82) is 0 Å². The SMILES string of the molecule is COc1ccc(C2CC(=O)CCO2)cc1Br. The van der Waals surface area contributed by atoms with Crippen LogP contribution in [0.1, 0.15) is 24.5 Å². The third kappa shape index (κ3) is 2.44. The van der Waals surface area contributed by atoms with Crippen molar-refractivity contribution < 1.29 is 14.3 Å². The van der Waals surface area contributed by atoms with Gasteiger partial charge in [0.25, 0.3) is 0 Å². The van der Waals surface area contributed by atoms with Crippen LogP contribution in [0.25, 0.3) is 0 Å². The average molecular weight is 285 g/mol. The second kappa shape index (κ2) is 4.97. The number of Topliss-reactive ketones (excluding diaryl/α,β-unsaturated/α-hetero) is 1. The van der Waals surface area contributed by atoms with Crippen LogP contribution in [0.15, 0.2) is 22.7 Å². The molecule has 0 radical (unpaired) electrons. The number of carbonyl (C=O) groups is 1. The number of ketones is 1. The van der Waals surface area contributed by atoms with Gasteiger partial charge >= 0.3 is 0 Å². The molecule has 1 unspecified atom stereocenters. The highest BCUT2D eigenvalue weighted by Gasteiger charge is 2.22. The monoisotopic (exact) mass is 284 g/mol. The summed E-state index contributed by atoms with van der Waals surface area (Å²) in [7, 11) is 1.63. The molecular weight excluding hydrogens is 272 g/mol. The maximum Gasteiger partial charge on any atom is 0.138 e. The van der Waals surface area contributed by atoms with Crippen LogP contribution in [-0.4, -0.2) is 19.5 Å². The van der Waals surface area contributed by atoms with Gasteiger partial charge in [0.05, 0.1) is 24.3 Å². The molecule has 2 rings (SSSR count). The van der Waals surface area contributed by atoms with Crippen LogP contribution >= 0.6 is 15.9 Å². The standard InChI is InChI=1S/C12H13BrO3/c1-15-11-3-2-8(6-10(11)13)12-7-9(14)4-5-16-12/h2-3,6,12H,4-5,7H2,1H3. The molecule has 0 aliphatic carbocycles. The average Bonchev–Trinajstić information content (AvgIpc) is 2.29. The Kier molecular flexibility index (Phi) is 3.61. The molecule has 1 saturated heterocycles. The lowest BCUT2D eigenvalue weighted by molar-refractivity contribution is -0.128. The van der Waals surface area contributed by atoms with E-state index in [0.29, 0.717) is 19.4 Å². The van der Waals surface area contributed by atoms with Gasteiger partial charge in [0.1, 0.15) is 11.5 Å². The van der Waals surface area contributed by atoms with E-state index >= 15 is 0 Å². The smallest absolute Gasteiger partial charge is 0.138 e. The molecule has 0 saturated carbocycles. The maximum absolute atomic E-state index is 11.3. The van der Waals surface area contributed by atoms with E-state index < -0.39 is 0 Å². The Morgan fingerprint density at radius 3 is 2.94 bits per heavy atom. The number of halogens is 1. The second-order valence-electron chi connectivity index (χ2n) is 3.75. The zero-order valence-corrected chi connectivity index (χ0v) is 10.6. The number of hydrogen-bond acceptors (Lipinski definition) is 3. The molecule has 86 valence electrons. The molecule has 1 aliphatic heterocycles. The van der Waals surface area contributed by atoms with Crippen molar-refractivity contribution in [2.75, 3.05) is 13.7 Å². The van der Waals surface area contributed by atoms with E-state index in [1.54, 1.807) is 7.11 Å². The van der Waals surface area contributed by atoms with Gasteiger partial charge in [-0.2, -0.15) is 0 Å². The molecule has 1 aromatic carbocycles. The van der Waals surface area contributed by atoms with Crippen molar-refractivity contribution in [2.24, 2.45) is 0 Å². The van der Waals surface area contributed by atoms with E-state index in [4.69, 9.17) is 9.47 Å². The van der Waals surface area contributed by atoms with Crippen molar-refractivity contribution in [2.45, 2.75) is 18.9 Å². The van der Waals surface area contributed by atoms with Gasteiger partial charge in [-0.1, -0.05) is 6.07 Å². The largest absolute Gasteiger partial charge is 0.496 e. The molecule has 1 aliphatic rings. The molecule has 0 aromatic heterocycles. The van der Waals surface area contributed by atoms with Crippen LogP contribution in [0.3, 0.4) is 0 Å². The first-order valence-electron chi connectivity index (χ1n) is 5.17. The predicted octanol–water partition coefficient (Wildman–Crippen LogP) is 2.88. The van der Waals surface area contributed by atoms with Gasteiger partial charge < -0.3 is 9.47 Å². The van der Waals surface area contributed by atoms with Crippen molar-refractivity contribution in [3.05, 3.63) is 28.2 Å². The molecule has 4 heteroatoms. The van der Waals surface area contributed by atoms with Gasteiger partial charge in [-0.3, -0.25) is 4.79 Å². The van der Waals surface area contributed by atoms with Crippen molar-refractivity contribution >= 4 is 21.7 Å². The van der Waals surface area contributed by atoms with Crippen molar-refractivity contribution in [1.82, 2.24) is 0 Å². The molecule has 0 spiro atoms. The van der Waals surface area contributed by atoms with Crippen LogP contribution in [0.5, 0.6) is 5.75 Å². The highest BCUT2D eigenvalue weighted by Crippen LogP contribution is 2.32. The van der Waals surface area contributed by atoms with Gasteiger partial charge in [0.2, 0.25) is 0 Å². The quantitative estimate of drug-likeness (QED) is 0.838. The summed E-state index contributed by atoms with van der Waals surface area (Å²) in [6.07, 6.45) is 0.899. The summed E-state index contributed by atoms with van der Waals surface area (Å²) in [5.74, 6) is 1.05. The fourth-order valence-corrected chi connectivity index (χ4v) is 2.34. The number of ether oxygens (including phenoxy) is 2. The lowest BCUT2D eigenvalue weighted by Gasteiger charge is -2.22. The molecule has 1 fully saturated rings. The minimum Gasteiger partial charge on any atom is -0.496 e. The first kappa shape index (κ1) is 11.6. The highest BCUT2D eigenvalue weighted by molar-refractivity contribution is 9.10. The zero-order chi connectivity index (χ0) is 11.5. The summed E-state index contributed by atoms with van der Waals surface area (Å²) >= 11 is 3.42. The Morgan fingerprint density at radius 1 is 1.50 bits per heavy atom. The molecule has 0 amide bonds. The van der Waals surface area contributed by atoms with E-state index in [1.807, 2.05) is 18.2 Å². The lowest BCUT2D eigenvalue weighted by Crippen LogP contribution is -2.19. The van der Waals surface area contributed by atoms with Crippen LogP contribution in [-0.2, 0) is 9.53 Å². The highest BCUT2D eigenvalue weighted by atomic mass is 79.9. The van der Waals surface area contributed by atoms with E-state index in [2.05, 4.69) is 15.9 Å². The van der Waals surface area contributed by atoms with Crippen LogP contribution in [0, 0.1) is 0 Å². The Bertz CT molecular complexity index is 403. The van der Waals surface area contributed by atoms with Gasteiger partial charge in [0.15, 0.2) is 0 Å². The molecule has 1 aromatic rings. The summed E-state index contributed by atoms with van der Waals surface area (Å²) in [5.41, 5.74) is 1.01. The third-order valence-electron chi connectivity index (χ3n) is 2.66. The Labute approximate surface area is 103 Å². The normalized spacial score (nSPS) is 20.9. The topological polar surface area (TPSA) is 35.5 Å². The summed E-state index contributed by atoms with van der Waals surface area (Å²) in [4.78, 5) is 11.3. The number of carbonyl (C=O) groups excluding carboxylic acids is 1. The van der Waals surface area contributed by atoms with Crippen LogP contribution in [0.2, 0.25) is 0 Å². The Hall–Kier alpha value is -0.870. The van der Waals surface area contributed by atoms with E-state index in [1.165, 1.54) is 0 Å². The summed E-state index contributed by atoms with van der Waals surface area (Å²) in [6, 6.07) is 5.76. The van der Waals surface area contributed by atoms with Gasteiger partial charge in [-0.15, -0.1) is 0 Å². The van der Waals surface area contributed by atoms with Gasteiger partial charge in [-0.25, -0.2) is 0 Å². The van der Waals surface area contributed by atoms with Gasteiger partial charge in [-0.05, 0) is 33.6 Å². The first-order chi connectivity index (χ1) is 7.70. The van der Waals surface area contributed by atoms with Crippen molar-refractivity contribution in [3.63, 3.8) is 0 Å².